The molecule has 0 unspecified atom stereocenters. The first-order valence-corrected chi connectivity index (χ1v) is 9.41. The number of amides is 1. The Morgan fingerprint density at radius 1 is 1.59 bits per heavy atom. The number of rotatable bonds is 7. The average molecular weight is 349 g/mol. The number of sulfone groups is 1. The van der Waals surface area contributed by atoms with Crippen LogP contribution in [0.3, 0.4) is 0 Å². The molecule has 1 aliphatic rings. The second-order valence-electron chi connectivity index (χ2n) is 5.56. The minimum absolute atomic E-state index is 0.0315. The van der Waals surface area contributed by atoms with Crippen LogP contribution in [0.2, 0.25) is 5.02 Å². The highest BCUT2D eigenvalue weighted by atomic mass is 35.5. The summed E-state index contributed by atoms with van der Waals surface area (Å²) < 4.78 is 24.5. The maximum atomic E-state index is 11.8. The predicted octanol–water partition coefficient (Wildman–Crippen LogP) is 0.162. The molecule has 124 valence electrons. The van der Waals surface area contributed by atoms with E-state index in [1.165, 1.54) is 0 Å². The van der Waals surface area contributed by atoms with E-state index in [1.807, 2.05) is 11.9 Å². The van der Waals surface area contributed by atoms with Crippen molar-refractivity contribution in [3.63, 3.8) is 0 Å². The van der Waals surface area contributed by atoms with Gasteiger partial charge < -0.3 is 10.2 Å². The number of hydrogen-bond acceptors (Lipinski definition) is 5. The van der Waals surface area contributed by atoms with Gasteiger partial charge in [-0.1, -0.05) is 11.6 Å². The summed E-state index contributed by atoms with van der Waals surface area (Å²) in [6.07, 6.45) is 4.25. The van der Waals surface area contributed by atoms with Crippen LogP contribution in [-0.4, -0.2) is 66.7 Å². The van der Waals surface area contributed by atoms with Crippen LogP contribution < -0.4 is 5.32 Å². The summed E-state index contributed by atoms with van der Waals surface area (Å²) in [5.74, 6) is 0.400. The predicted molar refractivity (Wildman–Crippen MR) is 84.6 cm³/mol. The average Bonchev–Trinajstić information content (AvgIpc) is 3.02. The molecular weight excluding hydrogens is 328 g/mol. The topological polar surface area (TPSA) is 84.3 Å². The molecule has 0 aromatic carbocycles. The van der Waals surface area contributed by atoms with Crippen LogP contribution in [0.1, 0.15) is 12.8 Å². The van der Waals surface area contributed by atoms with Gasteiger partial charge in [-0.2, -0.15) is 5.10 Å². The molecule has 0 spiro atoms. The molecule has 0 bridgehead atoms. The minimum Gasteiger partial charge on any atom is -0.354 e. The zero-order valence-electron chi connectivity index (χ0n) is 12.5. The summed E-state index contributed by atoms with van der Waals surface area (Å²) in [4.78, 5) is 13.7. The molecule has 22 heavy (non-hydrogen) atoms. The number of nitrogens with zero attached hydrogens (tertiary/aromatic N) is 3. The number of hydrogen-bond donors (Lipinski definition) is 1. The van der Waals surface area contributed by atoms with Crippen molar-refractivity contribution in [2.45, 2.75) is 25.4 Å². The van der Waals surface area contributed by atoms with E-state index in [4.69, 9.17) is 11.6 Å². The number of halogens is 1. The summed E-state index contributed by atoms with van der Waals surface area (Å²) in [6.45, 7) is 1.60. The molecule has 1 amide bonds. The van der Waals surface area contributed by atoms with Crippen molar-refractivity contribution in [1.29, 1.82) is 0 Å². The van der Waals surface area contributed by atoms with E-state index >= 15 is 0 Å². The van der Waals surface area contributed by atoms with Crippen molar-refractivity contribution in [3.8, 4) is 0 Å². The highest BCUT2D eigenvalue weighted by Crippen LogP contribution is 2.16. The van der Waals surface area contributed by atoms with Crippen LogP contribution in [0, 0.1) is 0 Å². The molecule has 7 nitrogen and oxygen atoms in total. The number of carbonyl (C=O) groups is 1. The van der Waals surface area contributed by atoms with Gasteiger partial charge >= 0.3 is 0 Å². The van der Waals surface area contributed by atoms with Gasteiger partial charge in [-0.25, -0.2) is 8.42 Å². The van der Waals surface area contributed by atoms with Crippen LogP contribution >= 0.6 is 11.6 Å². The molecule has 1 saturated heterocycles. The molecule has 2 heterocycles. The van der Waals surface area contributed by atoms with E-state index in [-0.39, 0.29) is 23.5 Å². The van der Waals surface area contributed by atoms with Crippen molar-refractivity contribution in [1.82, 2.24) is 20.0 Å². The Morgan fingerprint density at radius 3 is 2.95 bits per heavy atom. The Morgan fingerprint density at radius 2 is 2.36 bits per heavy atom. The molecule has 1 fully saturated rings. The molecule has 0 radical (unpaired) electrons. The minimum atomic E-state index is -2.88. The first-order chi connectivity index (χ1) is 10.4. The zero-order valence-corrected chi connectivity index (χ0v) is 14.1. The lowest BCUT2D eigenvalue weighted by Gasteiger charge is -2.22. The molecule has 1 aromatic heterocycles. The van der Waals surface area contributed by atoms with Crippen LogP contribution in [-0.2, 0) is 21.2 Å². The van der Waals surface area contributed by atoms with Gasteiger partial charge in [0.1, 0.15) is 0 Å². The lowest BCUT2D eigenvalue weighted by Crippen LogP contribution is -2.36. The Kier molecular flexibility index (Phi) is 5.82. The summed E-state index contributed by atoms with van der Waals surface area (Å²) in [5.41, 5.74) is 0. The Balaban J connectivity index is 1.63. The summed E-state index contributed by atoms with van der Waals surface area (Å²) in [7, 11) is -1.02. The largest absolute Gasteiger partial charge is 0.354 e. The first kappa shape index (κ1) is 17.2. The fourth-order valence-electron chi connectivity index (χ4n) is 2.44. The molecular formula is C13H21ClN4O3S. The molecule has 2 rings (SSSR count). The quantitative estimate of drug-likeness (QED) is 0.759. The molecule has 1 aromatic rings. The zero-order chi connectivity index (χ0) is 16.2. The monoisotopic (exact) mass is 348 g/mol. The Bertz CT molecular complexity index is 617. The van der Waals surface area contributed by atoms with Crippen LogP contribution in [0.4, 0.5) is 0 Å². The normalized spacial score (nSPS) is 20.4. The summed E-state index contributed by atoms with van der Waals surface area (Å²) in [6, 6.07) is 0.0315. The third-order valence-corrected chi connectivity index (χ3v) is 5.73. The first-order valence-electron chi connectivity index (χ1n) is 7.21. The van der Waals surface area contributed by atoms with Gasteiger partial charge in [0, 0.05) is 31.7 Å². The third kappa shape index (κ3) is 5.26. The smallest absolute Gasteiger partial charge is 0.221 e. The number of aromatic nitrogens is 2. The van der Waals surface area contributed by atoms with Crippen molar-refractivity contribution in [3.05, 3.63) is 17.4 Å². The third-order valence-electron chi connectivity index (χ3n) is 3.79. The molecule has 0 saturated carbocycles. The summed E-state index contributed by atoms with van der Waals surface area (Å²) in [5, 5.41) is 7.40. The van der Waals surface area contributed by atoms with Crippen molar-refractivity contribution < 1.29 is 13.2 Å². The highest BCUT2D eigenvalue weighted by molar-refractivity contribution is 7.91. The van der Waals surface area contributed by atoms with Crippen molar-refractivity contribution in [2.24, 2.45) is 0 Å². The van der Waals surface area contributed by atoms with E-state index in [2.05, 4.69) is 10.4 Å². The summed E-state index contributed by atoms with van der Waals surface area (Å²) >= 11 is 5.75. The van der Waals surface area contributed by atoms with Gasteiger partial charge in [-0.3, -0.25) is 9.48 Å². The van der Waals surface area contributed by atoms with Crippen LogP contribution in [0.25, 0.3) is 0 Å². The fraction of sp³-hybridized carbons (Fsp3) is 0.692. The van der Waals surface area contributed by atoms with E-state index < -0.39 is 9.84 Å². The Hall–Kier alpha value is -1.12. The van der Waals surface area contributed by atoms with Crippen LogP contribution in [0.15, 0.2) is 12.4 Å². The number of carbonyl (C=O) groups excluding carboxylic acids is 1. The van der Waals surface area contributed by atoms with Gasteiger partial charge in [0.25, 0.3) is 0 Å². The van der Waals surface area contributed by atoms with Gasteiger partial charge in [0.05, 0.1) is 29.3 Å². The Labute approximate surface area is 135 Å². The molecule has 1 atom stereocenters. The number of nitrogens with one attached hydrogen (secondary N) is 1. The van der Waals surface area contributed by atoms with Crippen molar-refractivity contribution in [2.75, 3.05) is 31.6 Å². The van der Waals surface area contributed by atoms with Gasteiger partial charge in [0.2, 0.25) is 5.91 Å². The standard InChI is InChI=1S/C13H21ClN4O3S/c1-17(12-3-7-22(20,21)10-12)5-2-13(19)15-4-6-18-9-11(14)8-16-18/h8-9,12H,2-7,10H2,1H3,(H,15,19)/t12-/m1/s1. The second kappa shape index (κ2) is 7.43. The maximum absolute atomic E-state index is 11.8. The molecule has 1 N–H and O–H groups in total. The van der Waals surface area contributed by atoms with Gasteiger partial charge in [-0.15, -0.1) is 0 Å². The van der Waals surface area contributed by atoms with Gasteiger partial charge in [-0.05, 0) is 13.5 Å². The second-order valence-corrected chi connectivity index (χ2v) is 8.22. The van der Waals surface area contributed by atoms with Crippen molar-refractivity contribution >= 4 is 27.3 Å². The lowest BCUT2D eigenvalue weighted by atomic mass is 10.2. The maximum Gasteiger partial charge on any atom is 0.221 e. The lowest BCUT2D eigenvalue weighted by molar-refractivity contribution is -0.121. The SMILES string of the molecule is CN(CCC(=O)NCCn1cc(Cl)cn1)[C@@H]1CCS(=O)(=O)C1. The van der Waals surface area contributed by atoms with Gasteiger partial charge in [0.15, 0.2) is 9.84 Å². The molecule has 1 aliphatic heterocycles. The fourth-order valence-corrected chi connectivity index (χ4v) is 4.40. The van der Waals surface area contributed by atoms with E-state index in [0.29, 0.717) is 37.5 Å². The van der Waals surface area contributed by atoms with E-state index in [9.17, 15) is 13.2 Å². The molecule has 9 heteroatoms. The molecule has 0 aliphatic carbocycles. The van der Waals surface area contributed by atoms with E-state index in [0.717, 1.165) is 0 Å². The van der Waals surface area contributed by atoms with Crippen LogP contribution in [0.5, 0.6) is 0 Å². The van der Waals surface area contributed by atoms with E-state index in [1.54, 1.807) is 17.1 Å². The highest BCUT2D eigenvalue weighted by Gasteiger charge is 2.30.